The second-order valence-corrected chi connectivity index (χ2v) is 6.70. The molecule has 0 fully saturated rings. The Morgan fingerprint density at radius 1 is 1.11 bits per heavy atom. The first-order chi connectivity index (χ1) is 13.6. The van der Waals surface area contributed by atoms with Crippen LogP contribution in [0, 0.1) is 5.82 Å². The fraction of sp³-hybridized carbons (Fsp3) is 0.0500. The van der Waals surface area contributed by atoms with E-state index in [9.17, 15) is 9.18 Å². The molecule has 0 bridgehead atoms. The maximum atomic E-state index is 13.0. The molecule has 8 heteroatoms. The van der Waals surface area contributed by atoms with Gasteiger partial charge in [0.25, 0.3) is 5.91 Å². The van der Waals surface area contributed by atoms with Crippen LogP contribution in [0.4, 0.5) is 9.52 Å². The van der Waals surface area contributed by atoms with Crippen LogP contribution >= 0.6 is 11.3 Å². The van der Waals surface area contributed by atoms with Crippen molar-refractivity contribution in [2.75, 3.05) is 12.4 Å². The molecule has 0 saturated heterocycles. The van der Waals surface area contributed by atoms with Gasteiger partial charge < -0.3 is 4.74 Å². The Hall–Kier alpha value is -3.52. The highest BCUT2D eigenvalue weighted by atomic mass is 32.1. The van der Waals surface area contributed by atoms with Crippen molar-refractivity contribution in [1.82, 2.24) is 14.8 Å². The highest BCUT2D eigenvalue weighted by Gasteiger charge is 2.13. The lowest BCUT2D eigenvalue weighted by molar-refractivity contribution is 0.102. The highest BCUT2D eigenvalue weighted by Crippen LogP contribution is 2.25. The average molecular weight is 394 g/mol. The molecule has 6 nitrogen and oxygen atoms in total. The average Bonchev–Trinajstić information content (AvgIpc) is 3.39. The van der Waals surface area contributed by atoms with Crippen molar-refractivity contribution < 1.29 is 13.9 Å². The number of amides is 1. The lowest BCUT2D eigenvalue weighted by atomic mass is 10.2. The number of hydrogen-bond acceptors (Lipinski definition) is 5. The Balaban J connectivity index is 1.47. The Labute approximate surface area is 164 Å². The number of carbonyl (C=O) groups excluding carboxylic acids is 1. The number of ether oxygens (including phenoxy) is 1. The van der Waals surface area contributed by atoms with Crippen molar-refractivity contribution in [3.63, 3.8) is 0 Å². The summed E-state index contributed by atoms with van der Waals surface area (Å²) in [7, 11) is 1.60. The summed E-state index contributed by atoms with van der Waals surface area (Å²) in [6.45, 7) is 0. The first kappa shape index (κ1) is 17.9. The first-order valence-electron chi connectivity index (χ1n) is 8.35. The third-order valence-electron chi connectivity index (χ3n) is 4.02. The fourth-order valence-corrected chi connectivity index (χ4v) is 3.28. The van der Waals surface area contributed by atoms with Gasteiger partial charge in [-0.2, -0.15) is 5.10 Å². The van der Waals surface area contributed by atoms with E-state index in [-0.39, 0.29) is 17.4 Å². The van der Waals surface area contributed by atoms with E-state index >= 15 is 0 Å². The number of thiazole rings is 1. The SMILES string of the molecule is COc1ccc(-n2ccc(C(=O)Nc3nc(-c4ccc(F)cc4)cs3)n2)cc1. The van der Waals surface area contributed by atoms with Gasteiger partial charge in [-0.25, -0.2) is 14.1 Å². The number of rotatable bonds is 5. The summed E-state index contributed by atoms with van der Waals surface area (Å²) in [4.78, 5) is 16.8. The molecule has 2 aromatic carbocycles. The topological polar surface area (TPSA) is 69.0 Å². The molecule has 4 rings (SSSR count). The summed E-state index contributed by atoms with van der Waals surface area (Å²) >= 11 is 1.29. The molecule has 28 heavy (non-hydrogen) atoms. The number of benzene rings is 2. The van der Waals surface area contributed by atoms with Crippen molar-refractivity contribution >= 4 is 22.4 Å². The van der Waals surface area contributed by atoms with Crippen LogP contribution in [0.3, 0.4) is 0 Å². The van der Waals surface area contributed by atoms with E-state index < -0.39 is 0 Å². The summed E-state index contributed by atoms with van der Waals surface area (Å²) < 4.78 is 19.8. The molecule has 0 aliphatic carbocycles. The van der Waals surface area contributed by atoms with Crippen molar-refractivity contribution in [2.45, 2.75) is 0 Å². The molecule has 4 aromatic rings. The Morgan fingerprint density at radius 3 is 2.57 bits per heavy atom. The lowest BCUT2D eigenvalue weighted by Gasteiger charge is -2.03. The first-order valence-corrected chi connectivity index (χ1v) is 9.23. The van der Waals surface area contributed by atoms with Gasteiger partial charge in [-0.3, -0.25) is 10.1 Å². The van der Waals surface area contributed by atoms with E-state index in [0.29, 0.717) is 10.8 Å². The predicted molar refractivity (Wildman–Crippen MR) is 106 cm³/mol. The van der Waals surface area contributed by atoms with Gasteiger partial charge in [0.1, 0.15) is 11.6 Å². The molecule has 0 spiro atoms. The second kappa shape index (κ2) is 7.61. The minimum Gasteiger partial charge on any atom is -0.497 e. The number of anilines is 1. The van der Waals surface area contributed by atoms with Crippen LogP contribution in [0.2, 0.25) is 0 Å². The third-order valence-corrected chi connectivity index (χ3v) is 4.78. The van der Waals surface area contributed by atoms with E-state index in [1.165, 1.54) is 23.5 Å². The number of nitrogens with zero attached hydrogens (tertiary/aromatic N) is 3. The maximum Gasteiger partial charge on any atom is 0.277 e. The van der Waals surface area contributed by atoms with Crippen LogP contribution in [0.15, 0.2) is 66.2 Å². The van der Waals surface area contributed by atoms with E-state index in [4.69, 9.17) is 4.74 Å². The zero-order valence-electron chi connectivity index (χ0n) is 14.8. The lowest BCUT2D eigenvalue weighted by Crippen LogP contribution is -2.13. The number of carbonyl (C=O) groups is 1. The molecule has 0 aliphatic heterocycles. The van der Waals surface area contributed by atoms with E-state index in [2.05, 4.69) is 15.4 Å². The fourth-order valence-electron chi connectivity index (χ4n) is 2.57. The third kappa shape index (κ3) is 3.77. The van der Waals surface area contributed by atoms with Gasteiger partial charge in [0, 0.05) is 17.1 Å². The Morgan fingerprint density at radius 2 is 1.86 bits per heavy atom. The summed E-state index contributed by atoms with van der Waals surface area (Å²) in [6, 6.07) is 15.0. The number of nitrogens with one attached hydrogen (secondary N) is 1. The smallest absolute Gasteiger partial charge is 0.277 e. The molecular weight excluding hydrogens is 379 g/mol. The van der Waals surface area contributed by atoms with Crippen molar-refractivity contribution in [2.24, 2.45) is 0 Å². The van der Waals surface area contributed by atoms with Gasteiger partial charge in [0.2, 0.25) is 0 Å². The monoisotopic (exact) mass is 394 g/mol. The van der Waals surface area contributed by atoms with Crippen molar-refractivity contribution in [3.05, 3.63) is 77.7 Å². The number of hydrogen-bond donors (Lipinski definition) is 1. The number of methoxy groups -OCH3 is 1. The van der Waals surface area contributed by atoms with E-state index in [1.54, 1.807) is 41.6 Å². The predicted octanol–water partition coefficient (Wildman–Crippen LogP) is 4.40. The second-order valence-electron chi connectivity index (χ2n) is 5.84. The van der Waals surface area contributed by atoms with Crippen LogP contribution in [0.1, 0.15) is 10.5 Å². The zero-order valence-corrected chi connectivity index (χ0v) is 15.6. The van der Waals surface area contributed by atoms with Crippen LogP contribution in [0.5, 0.6) is 5.75 Å². The Kier molecular flexibility index (Phi) is 4.86. The van der Waals surface area contributed by atoms with E-state index in [0.717, 1.165) is 17.0 Å². The quantitative estimate of drug-likeness (QED) is 0.545. The molecule has 0 radical (unpaired) electrons. The summed E-state index contributed by atoms with van der Waals surface area (Å²) in [5.74, 6) is 0.0850. The number of halogens is 1. The normalized spacial score (nSPS) is 10.6. The number of aromatic nitrogens is 3. The van der Waals surface area contributed by atoms with Crippen LogP contribution in [-0.4, -0.2) is 27.8 Å². The van der Waals surface area contributed by atoms with Crippen LogP contribution in [-0.2, 0) is 0 Å². The van der Waals surface area contributed by atoms with Crippen molar-refractivity contribution in [1.29, 1.82) is 0 Å². The largest absolute Gasteiger partial charge is 0.497 e. The molecule has 0 atom stereocenters. The van der Waals surface area contributed by atoms with Crippen LogP contribution in [0.25, 0.3) is 16.9 Å². The van der Waals surface area contributed by atoms with Gasteiger partial charge in [-0.1, -0.05) is 0 Å². The maximum absolute atomic E-state index is 13.0. The van der Waals surface area contributed by atoms with Crippen LogP contribution < -0.4 is 10.1 Å². The van der Waals surface area contributed by atoms with Gasteiger partial charge in [0.05, 0.1) is 18.5 Å². The summed E-state index contributed by atoms with van der Waals surface area (Å²) in [5.41, 5.74) is 2.54. The molecule has 0 unspecified atom stereocenters. The molecule has 2 aromatic heterocycles. The molecular formula is C20H15FN4O2S. The minimum atomic E-state index is -0.354. The van der Waals surface area contributed by atoms with Gasteiger partial charge in [0.15, 0.2) is 10.8 Å². The summed E-state index contributed by atoms with van der Waals surface area (Å²) in [6.07, 6.45) is 1.71. The van der Waals surface area contributed by atoms with Gasteiger partial charge >= 0.3 is 0 Å². The molecule has 0 saturated carbocycles. The van der Waals surface area contributed by atoms with Gasteiger partial charge in [-0.05, 0) is 54.6 Å². The van der Waals surface area contributed by atoms with Gasteiger partial charge in [-0.15, -0.1) is 11.3 Å². The highest BCUT2D eigenvalue weighted by molar-refractivity contribution is 7.14. The van der Waals surface area contributed by atoms with Crippen molar-refractivity contribution in [3.8, 4) is 22.7 Å². The standard InChI is InChI=1S/C20H15FN4O2S/c1-27-16-8-6-15(7-9-16)25-11-10-17(24-25)19(26)23-20-22-18(12-28-20)13-2-4-14(21)5-3-13/h2-12H,1H3,(H,22,23,26). The molecule has 2 heterocycles. The summed E-state index contributed by atoms with van der Waals surface area (Å²) in [5, 5.41) is 9.30. The molecule has 1 amide bonds. The molecule has 1 N–H and O–H groups in total. The Bertz CT molecular complexity index is 1100. The van der Waals surface area contributed by atoms with E-state index in [1.807, 2.05) is 24.3 Å². The molecule has 140 valence electrons. The molecule has 0 aliphatic rings. The minimum absolute atomic E-state index is 0.273. The zero-order chi connectivity index (χ0) is 19.5.